The summed E-state index contributed by atoms with van der Waals surface area (Å²) in [7, 11) is 0. The summed E-state index contributed by atoms with van der Waals surface area (Å²) < 4.78 is 18.7. The molecule has 2 aromatic carbocycles. The Bertz CT molecular complexity index is 1130. The number of nitrogens with zero attached hydrogens (tertiary/aromatic N) is 4. The number of likely N-dealkylation sites (tertiary alicyclic amines) is 1. The van der Waals surface area contributed by atoms with Crippen LogP contribution in [0.1, 0.15) is 24.5 Å². The van der Waals surface area contributed by atoms with Crippen molar-refractivity contribution >= 4 is 45.9 Å². The number of rotatable bonds is 5. The predicted molar refractivity (Wildman–Crippen MR) is 123 cm³/mol. The number of piperidine rings is 1. The molecular formula is C23H23Cl2FN4O2. The molecule has 9 heteroatoms. The SMILES string of the molecule is O=C1N(CCN2CCC(c3noc4cc(F)ccc34)CC2)CCN1c1c(Cl)cccc1Cl. The largest absolute Gasteiger partial charge is 0.356 e. The van der Waals surface area contributed by atoms with E-state index in [1.54, 1.807) is 29.2 Å². The third-order valence-corrected chi connectivity index (χ3v) is 7.03. The first kappa shape index (κ1) is 21.5. The van der Waals surface area contributed by atoms with Gasteiger partial charge in [0, 0.05) is 43.5 Å². The van der Waals surface area contributed by atoms with E-state index in [2.05, 4.69) is 10.1 Å². The Hall–Kier alpha value is -2.35. The van der Waals surface area contributed by atoms with Crippen LogP contribution in [0.15, 0.2) is 40.9 Å². The van der Waals surface area contributed by atoms with Gasteiger partial charge in [-0.15, -0.1) is 0 Å². The molecule has 2 aliphatic rings. The Labute approximate surface area is 195 Å². The molecule has 1 aromatic heterocycles. The summed E-state index contributed by atoms with van der Waals surface area (Å²) in [6, 6.07) is 9.79. The number of carbonyl (C=O) groups is 1. The van der Waals surface area contributed by atoms with Gasteiger partial charge in [-0.25, -0.2) is 9.18 Å². The molecule has 168 valence electrons. The van der Waals surface area contributed by atoms with Gasteiger partial charge in [-0.1, -0.05) is 34.4 Å². The molecule has 0 unspecified atom stereocenters. The molecule has 0 saturated carbocycles. The number of carbonyl (C=O) groups excluding carboxylic acids is 1. The topological polar surface area (TPSA) is 52.8 Å². The van der Waals surface area contributed by atoms with Crippen LogP contribution >= 0.6 is 23.2 Å². The Morgan fingerprint density at radius 3 is 2.53 bits per heavy atom. The Morgan fingerprint density at radius 2 is 1.78 bits per heavy atom. The molecule has 32 heavy (non-hydrogen) atoms. The molecule has 2 aliphatic heterocycles. The third-order valence-electron chi connectivity index (χ3n) is 6.42. The van der Waals surface area contributed by atoms with Crippen LogP contribution in [-0.2, 0) is 0 Å². The van der Waals surface area contributed by atoms with Crippen molar-refractivity contribution in [3.63, 3.8) is 0 Å². The zero-order valence-corrected chi connectivity index (χ0v) is 18.9. The molecule has 5 rings (SSSR count). The zero-order chi connectivity index (χ0) is 22.2. The number of hydrogen-bond donors (Lipinski definition) is 0. The smallest absolute Gasteiger partial charge is 0.324 e. The van der Waals surface area contributed by atoms with Crippen molar-refractivity contribution in [2.75, 3.05) is 44.2 Å². The van der Waals surface area contributed by atoms with E-state index in [-0.39, 0.29) is 11.8 Å². The molecule has 0 aliphatic carbocycles. The van der Waals surface area contributed by atoms with E-state index in [1.807, 2.05) is 4.90 Å². The maximum atomic E-state index is 13.4. The van der Waals surface area contributed by atoms with Crippen molar-refractivity contribution in [2.24, 2.45) is 0 Å². The van der Waals surface area contributed by atoms with Crippen LogP contribution in [0.25, 0.3) is 11.0 Å². The van der Waals surface area contributed by atoms with E-state index in [1.165, 1.54) is 12.1 Å². The molecule has 0 N–H and O–H groups in total. The van der Waals surface area contributed by atoms with Crippen LogP contribution in [0.3, 0.4) is 0 Å². The third kappa shape index (κ3) is 4.05. The Morgan fingerprint density at radius 1 is 1.03 bits per heavy atom. The fraction of sp³-hybridized carbons (Fsp3) is 0.391. The second kappa shape index (κ2) is 8.89. The molecule has 0 spiro atoms. The summed E-state index contributed by atoms with van der Waals surface area (Å²) in [6.07, 6.45) is 1.91. The van der Waals surface area contributed by atoms with Crippen molar-refractivity contribution in [1.82, 2.24) is 15.0 Å². The molecule has 6 nitrogen and oxygen atoms in total. The Balaban J connectivity index is 1.16. The van der Waals surface area contributed by atoms with Gasteiger partial charge in [0.05, 0.1) is 21.4 Å². The summed E-state index contributed by atoms with van der Waals surface area (Å²) in [5, 5.41) is 6.08. The lowest BCUT2D eigenvalue weighted by Gasteiger charge is -2.32. The van der Waals surface area contributed by atoms with Crippen LogP contribution in [0.4, 0.5) is 14.9 Å². The minimum absolute atomic E-state index is 0.0591. The first-order valence-electron chi connectivity index (χ1n) is 10.8. The fourth-order valence-corrected chi connectivity index (χ4v) is 5.26. The lowest BCUT2D eigenvalue weighted by atomic mass is 9.91. The van der Waals surface area contributed by atoms with Crippen molar-refractivity contribution in [2.45, 2.75) is 18.8 Å². The first-order valence-corrected chi connectivity index (χ1v) is 11.5. The maximum Gasteiger partial charge on any atom is 0.324 e. The van der Waals surface area contributed by atoms with Gasteiger partial charge in [-0.05, 0) is 50.2 Å². The molecule has 2 amide bonds. The molecule has 0 bridgehead atoms. The molecule has 2 saturated heterocycles. The average molecular weight is 477 g/mol. The number of fused-ring (bicyclic) bond motifs is 1. The summed E-state index contributed by atoms with van der Waals surface area (Å²) in [6.45, 7) is 4.54. The normalized spacial score (nSPS) is 18.3. The van der Waals surface area contributed by atoms with Crippen LogP contribution in [0.5, 0.6) is 0 Å². The van der Waals surface area contributed by atoms with E-state index in [4.69, 9.17) is 27.7 Å². The van der Waals surface area contributed by atoms with E-state index in [9.17, 15) is 9.18 Å². The molecule has 3 heterocycles. The highest BCUT2D eigenvalue weighted by Gasteiger charge is 2.32. The minimum Gasteiger partial charge on any atom is -0.356 e. The van der Waals surface area contributed by atoms with Gasteiger partial charge in [0.2, 0.25) is 0 Å². The number of halogens is 3. The molecule has 0 atom stereocenters. The van der Waals surface area contributed by atoms with Crippen molar-refractivity contribution in [3.05, 3.63) is 58.0 Å². The quantitative estimate of drug-likeness (QED) is 0.494. The highest BCUT2D eigenvalue weighted by Crippen LogP contribution is 2.36. The number of urea groups is 1. The summed E-state index contributed by atoms with van der Waals surface area (Å²) >= 11 is 12.6. The highest BCUT2D eigenvalue weighted by atomic mass is 35.5. The number of aromatic nitrogens is 1. The zero-order valence-electron chi connectivity index (χ0n) is 17.4. The van der Waals surface area contributed by atoms with Crippen LogP contribution in [0.2, 0.25) is 10.0 Å². The number of anilines is 1. The standard InChI is InChI=1S/C23H23Cl2FN4O2/c24-18-2-1-3-19(25)22(18)30-13-12-29(23(30)31)11-10-28-8-6-15(7-9-28)21-17-5-4-16(26)14-20(17)32-27-21/h1-5,14-15H,6-13H2. The highest BCUT2D eigenvalue weighted by molar-refractivity contribution is 6.39. The average Bonchev–Trinajstić information content (AvgIpc) is 3.36. The summed E-state index contributed by atoms with van der Waals surface area (Å²) in [5.74, 6) is -0.0221. The van der Waals surface area contributed by atoms with Gasteiger partial charge in [0.1, 0.15) is 5.82 Å². The predicted octanol–water partition coefficient (Wildman–Crippen LogP) is 5.40. The van der Waals surface area contributed by atoms with Gasteiger partial charge in [-0.2, -0.15) is 0 Å². The van der Waals surface area contributed by atoms with Crippen LogP contribution in [0, 0.1) is 5.82 Å². The number of hydrogen-bond acceptors (Lipinski definition) is 4. The van der Waals surface area contributed by atoms with Gasteiger partial charge in [0.25, 0.3) is 0 Å². The molecule has 0 radical (unpaired) electrons. The second-order valence-electron chi connectivity index (χ2n) is 8.32. The van der Waals surface area contributed by atoms with Crippen molar-refractivity contribution in [1.29, 1.82) is 0 Å². The van der Waals surface area contributed by atoms with E-state index in [0.717, 1.165) is 43.6 Å². The van der Waals surface area contributed by atoms with Gasteiger partial charge < -0.3 is 14.3 Å². The van der Waals surface area contributed by atoms with Gasteiger partial charge >= 0.3 is 6.03 Å². The van der Waals surface area contributed by atoms with Crippen LogP contribution in [-0.4, -0.2) is 60.3 Å². The number of benzene rings is 2. The second-order valence-corrected chi connectivity index (χ2v) is 9.13. The van der Waals surface area contributed by atoms with Crippen molar-refractivity contribution in [3.8, 4) is 0 Å². The lowest BCUT2D eigenvalue weighted by Crippen LogP contribution is -2.41. The van der Waals surface area contributed by atoms with E-state index in [0.29, 0.717) is 46.9 Å². The number of para-hydroxylation sites is 1. The maximum absolute atomic E-state index is 13.4. The molecule has 3 aromatic rings. The first-order chi connectivity index (χ1) is 15.5. The van der Waals surface area contributed by atoms with Gasteiger partial charge in [-0.3, -0.25) is 4.90 Å². The Kier molecular flexibility index (Phi) is 5.97. The monoisotopic (exact) mass is 476 g/mol. The summed E-state index contributed by atoms with van der Waals surface area (Å²) in [5.41, 5.74) is 2.00. The lowest BCUT2D eigenvalue weighted by molar-refractivity contribution is 0.180. The minimum atomic E-state index is -0.318. The molecule has 2 fully saturated rings. The van der Waals surface area contributed by atoms with E-state index >= 15 is 0 Å². The van der Waals surface area contributed by atoms with Crippen molar-refractivity contribution < 1.29 is 13.7 Å². The molecular weight excluding hydrogens is 454 g/mol. The fourth-order valence-electron chi connectivity index (χ4n) is 4.66. The summed E-state index contributed by atoms with van der Waals surface area (Å²) in [4.78, 5) is 18.8. The number of amides is 2. The van der Waals surface area contributed by atoms with Gasteiger partial charge in [0.15, 0.2) is 5.58 Å². The van der Waals surface area contributed by atoms with E-state index < -0.39 is 0 Å². The van der Waals surface area contributed by atoms with Crippen LogP contribution < -0.4 is 4.90 Å².